The Hall–Kier alpha value is -1.69. The van der Waals surface area contributed by atoms with E-state index in [0.717, 1.165) is 0 Å². The average Bonchev–Trinajstić information content (AvgIpc) is 2.42. The Bertz CT molecular complexity index is 503. The molecule has 6 nitrogen and oxygen atoms in total. The summed E-state index contributed by atoms with van der Waals surface area (Å²) in [5.74, 6) is 0.921. The van der Waals surface area contributed by atoms with Crippen LogP contribution in [0.5, 0.6) is 11.6 Å². The summed E-state index contributed by atoms with van der Waals surface area (Å²) in [7, 11) is 3.21. The van der Waals surface area contributed by atoms with Gasteiger partial charge >= 0.3 is 6.09 Å². The van der Waals surface area contributed by atoms with E-state index in [1.807, 2.05) is 20.8 Å². The second-order valence-electron chi connectivity index (χ2n) is 5.76. The SMILES string of the molecule is COc1cc(Cl)c(OCCCN(C)C(=O)OC(C)(C)C)cn1. The Morgan fingerprint density at radius 2 is 2.09 bits per heavy atom. The number of carbonyl (C=O) groups excluding carboxylic acids is 1. The van der Waals surface area contributed by atoms with E-state index >= 15 is 0 Å². The van der Waals surface area contributed by atoms with Crippen molar-refractivity contribution in [1.29, 1.82) is 0 Å². The highest BCUT2D eigenvalue weighted by molar-refractivity contribution is 6.32. The van der Waals surface area contributed by atoms with Crippen molar-refractivity contribution in [2.75, 3.05) is 27.3 Å². The van der Waals surface area contributed by atoms with Crippen LogP contribution in [-0.2, 0) is 4.74 Å². The number of pyridine rings is 1. The highest BCUT2D eigenvalue weighted by Crippen LogP contribution is 2.26. The molecule has 1 aromatic heterocycles. The van der Waals surface area contributed by atoms with Gasteiger partial charge in [-0.05, 0) is 27.2 Å². The minimum atomic E-state index is -0.496. The molecule has 0 aliphatic rings. The number of hydrogen-bond acceptors (Lipinski definition) is 5. The summed E-state index contributed by atoms with van der Waals surface area (Å²) in [6, 6.07) is 1.59. The Morgan fingerprint density at radius 3 is 2.64 bits per heavy atom. The van der Waals surface area contributed by atoms with Crippen molar-refractivity contribution < 1.29 is 19.0 Å². The normalized spacial score (nSPS) is 11.0. The third-order valence-electron chi connectivity index (χ3n) is 2.60. The summed E-state index contributed by atoms with van der Waals surface area (Å²) in [6.45, 7) is 6.44. The van der Waals surface area contributed by atoms with Crippen LogP contribution in [0.15, 0.2) is 12.3 Å². The molecule has 1 amide bonds. The molecule has 0 saturated carbocycles. The number of nitrogens with zero attached hydrogens (tertiary/aromatic N) is 2. The maximum atomic E-state index is 11.8. The molecule has 0 aliphatic heterocycles. The number of hydrogen-bond donors (Lipinski definition) is 0. The largest absolute Gasteiger partial charge is 0.490 e. The number of halogens is 1. The third-order valence-corrected chi connectivity index (χ3v) is 2.90. The van der Waals surface area contributed by atoms with Gasteiger partial charge in [0, 0.05) is 19.7 Å². The zero-order chi connectivity index (χ0) is 16.8. The van der Waals surface area contributed by atoms with Gasteiger partial charge in [-0.3, -0.25) is 0 Å². The predicted octanol–water partition coefficient (Wildman–Crippen LogP) is 3.38. The van der Waals surface area contributed by atoms with Crippen LogP contribution in [0.4, 0.5) is 4.79 Å². The Labute approximate surface area is 136 Å². The summed E-state index contributed by atoms with van der Waals surface area (Å²) < 4.78 is 15.8. The van der Waals surface area contributed by atoms with Crippen LogP contribution in [0.2, 0.25) is 5.02 Å². The number of carbonyl (C=O) groups is 1. The van der Waals surface area contributed by atoms with Crippen molar-refractivity contribution in [3.8, 4) is 11.6 Å². The average molecular weight is 331 g/mol. The lowest BCUT2D eigenvalue weighted by Crippen LogP contribution is -2.35. The second-order valence-corrected chi connectivity index (χ2v) is 6.17. The quantitative estimate of drug-likeness (QED) is 0.748. The Kier molecular flexibility index (Phi) is 6.74. The number of methoxy groups -OCH3 is 1. The summed E-state index contributed by atoms with van der Waals surface area (Å²) in [4.78, 5) is 17.3. The third kappa shape index (κ3) is 6.39. The first-order chi connectivity index (χ1) is 10.2. The molecule has 0 radical (unpaired) electrons. The summed E-state index contributed by atoms with van der Waals surface area (Å²) in [5, 5.41) is 0.437. The van der Waals surface area contributed by atoms with Crippen LogP contribution in [0.3, 0.4) is 0 Å². The number of ether oxygens (including phenoxy) is 3. The van der Waals surface area contributed by atoms with Crippen molar-refractivity contribution in [2.24, 2.45) is 0 Å². The first-order valence-corrected chi connectivity index (χ1v) is 7.37. The summed E-state index contributed by atoms with van der Waals surface area (Å²) in [6.07, 6.45) is 1.81. The number of aromatic nitrogens is 1. The van der Waals surface area contributed by atoms with Crippen LogP contribution in [-0.4, -0.2) is 48.9 Å². The molecule has 0 N–H and O–H groups in total. The molecular formula is C15H23ClN2O4. The molecule has 1 rings (SSSR count). The molecule has 0 aromatic carbocycles. The molecule has 22 heavy (non-hydrogen) atoms. The number of amides is 1. The van der Waals surface area contributed by atoms with Crippen LogP contribution < -0.4 is 9.47 Å². The molecule has 0 atom stereocenters. The van der Waals surface area contributed by atoms with Gasteiger partial charge in [-0.25, -0.2) is 9.78 Å². The molecule has 1 heterocycles. The topological polar surface area (TPSA) is 60.9 Å². The zero-order valence-corrected chi connectivity index (χ0v) is 14.4. The molecule has 0 bridgehead atoms. The van der Waals surface area contributed by atoms with E-state index in [1.54, 1.807) is 13.1 Å². The van der Waals surface area contributed by atoms with E-state index in [0.29, 0.717) is 36.2 Å². The molecule has 0 aliphatic carbocycles. The van der Waals surface area contributed by atoms with E-state index in [2.05, 4.69) is 4.98 Å². The molecule has 0 saturated heterocycles. The van der Waals surface area contributed by atoms with Gasteiger partial charge in [0.25, 0.3) is 0 Å². The van der Waals surface area contributed by atoms with Gasteiger partial charge in [0.2, 0.25) is 5.88 Å². The molecular weight excluding hydrogens is 308 g/mol. The van der Waals surface area contributed by atoms with E-state index in [4.69, 9.17) is 25.8 Å². The lowest BCUT2D eigenvalue weighted by atomic mass is 10.2. The minimum Gasteiger partial charge on any atom is -0.490 e. The van der Waals surface area contributed by atoms with Gasteiger partial charge in [0.15, 0.2) is 5.75 Å². The molecule has 0 fully saturated rings. The van der Waals surface area contributed by atoms with Gasteiger partial charge in [-0.15, -0.1) is 0 Å². The van der Waals surface area contributed by atoms with Crippen LogP contribution in [0.1, 0.15) is 27.2 Å². The fraction of sp³-hybridized carbons (Fsp3) is 0.600. The molecule has 1 aromatic rings. The van der Waals surface area contributed by atoms with Crippen molar-refractivity contribution in [2.45, 2.75) is 32.8 Å². The standard InChI is InChI=1S/C15H23ClN2O4/c1-15(2,3)22-14(19)18(4)7-6-8-21-12-10-17-13(20-5)9-11(12)16/h9-10H,6-8H2,1-5H3. The highest BCUT2D eigenvalue weighted by Gasteiger charge is 2.19. The molecule has 0 spiro atoms. The first kappa shape index (κ1) is 18.4. The van der Waals surface area contributed by atoms with Crippen molar-refractivity contribution in [1.82, 2.24) is 9.88 Å². The van der Waals surface area contributed by atoms with Gasteiger partial charge in [-0.1, -0.05) is 11.6 Å². The molecule has 0 unspecified atom stereocenters. The van der Waals surface area contributed by atoms with Gasteiger partial charge in [0.05, 0.1) is 24.9 Å². The zero-order valence-electron chi connectivity index (χ0n) is 13.7. The maximum Gasteiger partial charge on any atom is 0.410 e. The number of rotatable bonds is 6. The summed E-state index contributed by atoms with van der Waals surface area (Å²) >= 11 is 6.04. The molecule has 124 valence electrons. The minimum absolute atomic E-state index is 0.350. The van der Waals surface area contributed by atoms with Crippen molar-refractivity contribution in [3.63, 3.8) is 0 Å². The lowest BCUT2D eigenvalue weighted by Gasteiger charge is -2.24. The summed E-state index contributed by atoms with van der Waals surface area (Å²) in [5.41, 5.74) is -0.496. The van der Waals surface area contributed by atoms with Crippen molar-refractivity contribution >= 4 is 17.7 Å². The fourth-order valence-corrected chi connectivity index (χ4v) is 1.73. The second kappa shape index (κ2) is 8.08. The predicted molar refractivity (Wildman–Crippen MR) is 84.8 cm³/mol. The lowest BCUT2D eigenvalue weighted by molar-refractivity contribution is 0.0292. The van der Waals surface area contributed by atoms with Crippen LogP contribution >= 0.6 is 11.6 Å². The van der Waals surface area contributed by atoms with Crippen LogP contribution in [0.25, 0.3) is 0 Å². The maximum absolute atomic E-state index is 11.8. The fourth-order valence-electron chi connectivity index (χ4n) is 1.53. The van der Waals surface area contributed by atoms with Gasteiger partial charge in [-0.2, -0.15) is 0 Å². The van der Waals surface area contributed by atoms with E-state index < -0.39 is 5.60 Å². The first-order valence-electron chi connectivity index (χ1n) is 6.99. The van der Waals surface area contributed by atoms with Gasteiger partial charge in [0.1, 0.15) is 5.60 Å². The van der Waals surface area contributed by atoms with Crippen LogP contribution in [0, 0.1) is 0 Å². The van der Waals surface area contributed by atoms with Gasteiger partial charge < -0.3 is 19.1 Å². The van der Waals surface area contributed by atoms with Crippen molar-refractivity contribution in [3.05, 3.63) is 17.3 Å². The van der Waals surface area contributed by atoms with E-state index in [1.165, 1.54) is 18.2 Å². The van der Waals surface area contributed by atoms with E-state index in [9.17, 15) is 4.79 Å². The highest BCUT2D eigenvalue weighted by atomic mass is 35.5. The monoisotopic (exact) mass is 330 g/mol. The Balaban J connectivity index is 2.34. The Morgan fingerprint density at radius 1 is 1.41 bits per heavy atom. The van der Waals surface area contributed by atoms with E-state index in [-0.39, 0.29) is 6.09 Å². The smallest absolute Gasteiger partial charge is 0.410 e. The molecule has 7 heteroatoms.